The number of aromatic nitrogens is 1. The molecule has 1 fully saturated rings. The maximum absolute atomic E-state index is 12.3. The van der Waals surface area contributed by atoms with Crippen LogP contribution in [0.5, 0.6) is 0 Å². The molecule has 1 aliphatic heterocycles. The molecule has 1 aromatic heterocycles. The van der Waals surface area contributed by atoms with Gasteiger partial charge < -0.3 is 15.0 Å². The second kappa shape index (κ2) is 9.85. The molecule has 1 aromatic carbocycles. The molecule has 28 heavy (non-hydrogen) atoms. The minimum absolute atomic E-state index is 0.0176. The zero-order valence-electron chi connectivity index (χ0n) is 16.2. The Morgan fingerprint density at radius 3 is 2.54 bits per heavy atom. The van der Waals surface area contributed by atoms with Crippen molar-refractivity contribution in [1.82, 2.24) is 0 Å². The lowest BCUT2D eigenvalue weighted by atomic mass is 10.2. The summed E-state index contributed by atoms with van der Waals surface area (Å²) in [6.07, 6.45) is 2.72. The van der Waals surface area contributed by atoms with E-state index in [1.807, 2.05) is 25.3 Å². The Morgan fingerprint density at radius 1 is 1.14 bits per heavy atom. The number of carbonyl (C=O) groups is 2. The average molecular weight is 384 g/mol. The van der Waals surface area contributed by atoms with Gasteiger partial charge in [-0.2, -0.15) is 0 Å². The van der Waals surface area contributed by atoms with Gasteiger partial charge in [-0.15, -0.1) is 0 Å². The van der Waals surface area contributed by atoms with Crippen LogP contribution in [0.3, 0.4) is 0 Å². The number of nitrogens with one attached hydrogen (secondary N) is 3. The van der Waals surface area contributed by atoms with Crippen molar-refractivity contribution in [3.05, 3.63) is 54.2 Å². The first-order valence-electron chi connectivity index (χ1n) is 9.78. The van der Waals surface area contributed by atoms with E-state index < -0.39 is 0 Å². The summed E-state index contributed by atoms with van der Waals surface area (Å²) in [7, 11) is 0. The van der Waals surface area contributed by atoms with E-state index in [1.54, 1.807) is 24.3 Å². The number of amides is 1. The Bertz CT molecular complexity index is 772. The molecular weight excluding hydrogens is 356 g/mol. The number of hydrogen-bond acceptors (Lipinski definition) is 4. The van der Waals surface area contributed by atoms with E-state index in [0.29, 0.717) is 24.4 Å². The number of hydrogen-bond donors (Lipinski definition) is 2. The maximum atomic E-state index is 12.3. The summed E-state index contributed by atoms with van der Waals surface area (Å²) in [6, 6.07) is 12.9. The highest BCUT2D eigenvalue weighted by Gasteiger charge is 2.27. The Labute approximate surface area is 165 Å². The number of nitrogens with zero attached hydrogens (tertiary/aromatic N) is 1. The third kappa shape index (κ3) is 5.53. The second-order valence-electron chi connectivity index (χ2n) is 6.92. The molecule has 148 valence electrons. The first-order valence-corrected chi connectivity index (χ1v) is 9.78. The highest BCUT2D eigenvalue weighted by molar-refractivity contribution is 5.93. The minimum atomic E-state index is -0.335. The molecule has 1 amide bonds. The van der Waals surface area contributed by atoms with Gasteiger partial charge in [-0.3, -0.25) is 9.69 Å². The van der Waals surface area contributed by atoms with Crippen LogP contribution in [0.1, 0.15) is 23.7 Å². The largest absolute Gasteiger partial charge is 0.462 e. The van der Waals surface area contributed by atoms with Crippen molar-refractivity contribution >= 4 is 23.4 Å². The zero-order chi connectivity index (χ0) is 19.8. The molecule has 2 heterocycles. The number of carbonyl (C=O) groups excluding carboxylic acids is 2. The van der Waals surface area contributed by atoms with Crippen molar-refractivity contribution in [2.75, 3.05) is 49.5 Å². The van der Waals surface area contributed by atoms with Gasteiger partial charge in [0.25, 0.3) is 11.7 Å². The number of aromatic amines is 1. The lowest BCUT2D eigenvalue weighted by Gasteiger charge is -2.27. The van der Waals surface area contributed by atoms with Crippen molar-refractivity contribution in [2.24, 2.45) is 0 Å². The fraction of sp³-hybridized carbons (Fsp3) is 0.381. The topological polar surface area (TPSA) is 77.2 Å². The van der Waals surface area contributed by atoms with Crippen molar-refractivity contribution in [2.45, 2.75) is 13.3 Å². The van der Waals surface area contributed by atoms with E-state index in [-0.39, 0.29) is 11.9 Å². The number of ether oxygens (including phenoxy) is 1. The number of pyridine rings is 1. The summed E-state index contributed by atoms with van der Waals surface area (Å²) in [5.74, 6) is 0.761. The van der Waals surface area contributed by atoms with Gasteiger partial charge in [0.05, 0.1) is 18.4 Å². The quantitative estimate of drug-likeness (QED) is 0.678. The van der Waals surface area contributed by atoms with Crippen molar-refractivity contribution in [1.29, 1.82) is 0 Å². The predicted molar refractivity (Wildman–Crippen MR) is 106 cm³/mol. The molecule has 0 atom stereocenters. The van der Waals surface area contributed by atoms with Gasteiger partial charge in [-0.1, -0.05) is 13.0 Å². The normalized spacial score (nSPS) is 14.5. The Kier molecular flexibility index (Phi) is 6.97. The number of H-pyrrole nitrogens is 1. The van der Waals surface area contributed by atoms with Gasteiger partial charge in [0.15, 0.2) is 6.54 Å². The van der Waals surface area contributed by atoms with Gasteiger partial charge in [0.2, 0.25) is 0 Å². The lowest BCUT2D eigenvalue weighted by Crippen LogP contribution is -3.15. The number of rotatable bonds is 7. The van der Waals surface area contributed by atoms with E-state index in [1.165, 1.54) is 4.90 Å². The fourth-order valence-corrected chi connectivity index (χ4v) is 3.22. The number of esters is 1. The summed E-state index contributed by atoms with van der Waals surface area (Å²) in [5, 5.41) is 2.91. The van der Waals surface area contributed by atoms with Crippen LogP contribution in [0.4, 0.5) is 11.5 Å². The van der Waals surface area contributed by atoms with Crippen LogP contribution in [-0.4, -0.2) is 51.2 Å². The van der Waals surface area contributed by atoms with Crippen molar-refractivity contribution in [3.63, 3.8) is 0 Å². The molecule has 0 radical (unpaired) electrons. The van der Waals surface area contributed by atoms with E-state index >= 15 is 0 Å². The molecule has 3 rings (SSSR count). The molecule has 0 spiro atoms. The molecule has 1 saturated heterocycles. The second-order valence-corrected chi connectivity index (χ2v) is 6.92. The van der Waals surface area contributed by atoms with Gasteiger partial charge in [0.1, 0.15) is 26.2 Å². The maximum Gasteiger partial charge on any atom is 0.338 e. The summed E-state index contributed by atoms with van der Waals surface area (Å²) in [6.45, 7) is 6.46. The lowest BCUT2D eigenvalue weighted by molar-refractivity contribution is -0.892. The van der Waals surface area contributed by atoms with E-state index in [4.69, 9.17) is 4.74 Å². The van der Waals surface area contributed by atoms with E-state index in [0.717, 1.165) is 38.4 Å². The van der Waals surface area contributed by atoms with Gasteiger partial charge in [0, 0.05) is 11.8 Å². The smallest absolute Gasteiger partial charge is 0.338 e. The van der Waals surface area contributed by atoms with Crippen LogP contribution < -0.4 is 20.1 Å². The van der Waals surface area contributed by atoms with Gasteiger partial charge in [-0.25, -0.2) is 9.78 Å². The summed E-state index contributed by atoms with van der Waals surface area (Å²) in [4.78, 5) is 31.0. The standard InChI is InChI=1S/C21H26N4O3/c1-2-15-28-21(27)17-6-8-18(9-7-17)23-20(26)16-24-11-13-25(14-12-24)19-5-3-4-10-22-19/h3-10H,2,11-16H2,1H3,(H,23,26)/p+2. The average Bonchev–Trinajstić information content (AvgIpc) is 2.73. The SMILES string of the molecule is CCCOC(=O)c1ccc(NC(=O)C[NH+]2CCN(c3cccc[nH+]3)CC2)cc1. The molecule has 7 nitrogen and oxygen atoms in total. The van der Waals surface area contributed by atoms with Crippen LogP contribution >= 0.6 is 0 Å². The monoisotopic (exact) mass is 384 g/mol. The van der Waals surface area contributed by atoms with Crippen LogP contribution in [0.25, 0.3) is 0 Å². The molecule has 0 bridgehead atoms. The molecule has 0 aliphatic carbocycles. The summed E-state index contributed by atoms with van der Waals surface area (Å²) < 4.78 is 5.10. The third-order valence-corrected chi connectivity index (χ3v) is 4.76. The minimum Gasteiger partial charge on any atom is -0.462 e. The summed E-state index contributed by atoms with van der Waals surface area (Å²) >= 11 is 0. The Morgan fingerprint density at radius 2 is 1.89 bits per heavy atom. The van der Waals surface area contributed by atoms with Crippen molar-refractivity contribution < 1.29 is 24.2 Å². The first kappa shape index (κ1) is 19.8. The van der Waals surface area contributed by atoms with Gasteiger partial charge in [-0.05, 0) is 36.8 Å². The Balaban J connectivity index is 1.44. The molecule has 0 saturated carbocycles. The first-order chi connectivity index (χ1) is 13.7. The zero-order valence-corrected chi connectivity index (χ0v) is 16.2. The molecular formula is C21H28N4O3+2. The molecule has 0 unspecified atom stereocenters. The van der Waals surface area contributed by atoms with Crippen LogP contribution in [0, 0.1) is 0 Å². The van der Waals surface area contributed by atoms with E-state index in [9.17, 15) is 9.59 Å². The molecule has 7 heteroatoms. The molecule has 2 aromatic rings. The molecule has 1 aliphatic rings. The third-order valence-electron chi connectivity index (χ3n) is 4.76. The number of benzene rings is 1. The number of piperazine rings is 1. The van der Waals surface area contributed by atoms with E-state index in [2.05, 4.69) is 21.3 Å². The predicted octanol–water partition coefficient (Wildman–Crippen LogP) is 0.411. The number of anilines is 2. The summed E-state index contributed by atoms with van der Waals surface area (Å²) in [5.41, 5.74) is 1.18. The van der Waals surface area contributed by atoms with Crippen LogP contribution in [-0.2, 0) is 9.53 Å². The van der Waals surface area contributed by atoms with Crippen molar-refractivity contribution in [3.8, 4) is 0 Å². The highest BCUT2D eigenvalue weighted by Crippen LogP contribution is 2.10. The number of quaternary nitrogens is 1. The molecule has 3 N–H and O–H groups in total. The Hall–Kier alpha value is -2.93. The fourth-order valence-electron chi connectivity index (χ4n) is 3.22. The van der Waals surface area contributed by atoms with Crippen LogP contribution in [0.2, 0.25) is 0 Å². The van der Waals surface area contributed by atoms with Gasteiger partial charge >= 0.3 is 5.97 Å². The van der Waals surface area contributed by atoms with Crippen LogP contribution in [0.15, 0.2) is 48.7 Å². The highest BCUT2D eigenvalue weighted by atomic mass is 16.5.